The van der Waals surface area contributed by atoms with Crippen LogP contribution >= 0.6 is 0 Å². The molecular formula is C15H22O3. The second-order valence-electron chi connectivity index (χ2n) is 4.39. The number of hydrogen-bond acceptors (Lipinski definition) is 3. The summed E-state index contributed by atoms with van der Waals surface area (Å²) in [6.07, 6.45) is 5.11. The number of benzene rings is 1. The van der Waals surface area contributed by atoms with Crippen molar-refractivity contribution in [2.45, 2.75) is 52.1 Å². The Labute approximate surface area is 109 Å². The van der Waals surface area contributed by atoms with Crippen LogP contribution in [-0.2, 0) is 9.78 Å². The van der Waals surface area contributed by atoms with E-state index in [1.165, 1.54) is 0 Å². The summed E-state index contributed by atoms with van der Waals surface area (Å²) in [5.74, 6) is -0.423. The fourth-order valence-corrected chi connectivity index (χ4v) is 1.73. The van der Waals surface area contributed by atoms with Gasteiger partial charge in [-0.1, -0.05) is 51.3 Å². The lowest BCUT2D eigenvalue weighted by Crippen LogP contribution is -2.16. The lowest BCUT2D eigenvalue weighted by Gasteiger charge is -2.14. The van der Waals surface area contributed by atoms with Gasteiger partial charge < -0.3 is 0 Å². The summed E-state index contributed by atoms with van der Waals surface area (Å²) in [5, 5.41) is 0. The summed E-state index contributed by atoms with van der Waals surface area (Å²) in [6.45, 7) is 4.24. The lowest BCUT2D eigenvalue weighted by molar-refractivity contribution is -0.277. The molecule has 0 aromatic heterocycles. The number of rotatable bonds is 8. The molecule has 0 heterocycles. The number of hydrogen-bond donors (Lipinski definition) is 0. The molecule has 1 atom stereocenters. The molecule has 0 saturated carbocycles. The van der Waals surface area contributed by atoms with Crippen molar-refractivity contribution in [2.24, 2.45) is 0 Å². The molecule has 1 rings (SSSR count). The Morgan fingerprint density at radius 1 is 1.11 bits per heavy atom. The molecule has 0 radical (unpaired) electrons. The smallest absolute Gasteiger partial charge is 0.293 e. The summed E-state index contributed by atoms with van der Waals surface area (Å²) >= 11 is 0. The zero-order chi connectivity index (χ0) is 13.2. The van der Waals surface area contributed by atoms with Gasteiger partial charge in [0.25, 0.3) is 0 Å². The van der Waals surface area contributed by atoms with E-state index in [9.17, 15) is 4.79 Å². The molecule has 18 heavy (non-hydrogen) atoms. The minimum Gasteiger partial charge on any atom is -0.293 e. The fourth-order valence-electron chi connectivity index (χ4n) is 1.73. The molecule has 1 aromatic rings. The van der Waals surface area contributed by atoms with Crippen LogP contribution in [-0.4, -0.2) is 12.1 Å². The van der Waals surface area contributed by atoms with Crippen molar-refractivity contribution in [1.82, 2.24) is 0 Å². The Balaban J connectivity index is 2.39. The van der Waals surface area contributed by atoms with Crippen LogP contribution in [0, 0.1) is 0 Å². The van der Waals surface area contributed by atoms with Gasteiger partial charge in [-0.15, -0.1) is 0 Å². The highest BCUT2D eigenvalue weighted by molar-refractivity contribution is 5.88. The molecule has 0 aliphatic carbocycles. The molecule has 0 aliphatic rings. The van der Waals surface area contributed by atoms with E-state index in [4.69, 9.17) is 9.78 Å². The van der Waals surface area contributed by atoms with Crippen LogP contribution in [0.3, 0.4) is 0 Å². The van der Waals surface area contributed by atoms with Crippen LogP contribution in [0.25, 0.3) is 0 Å². The first-order valence-electron chi connectivity index (χ1n) is 6.70. The van der Waals surface area contributed by atoms with E-state index >= 15 is 0 Å². The Morgan fingerprint density at radius 2 is 1.83 bits per heavy atom. The van der Waals surface area contributed by atoms with Gasteiger partial charge >= 0.3 is 5.97 Å². The molecule has 0 amide bonds. The van der Waals surface area contributed by atoms with Gasteiger partial charge in [-0.05, 0) is 25.0 Å². The average Bonchev–Trinajstić information content (AvgIpc) is 2.42. The van der Waals surface area contributed by atoms with Crippen molar-refractivity contribution in [3.8, 4) is 0 Å². The molecule has 100 valence electrons. The zero-order valence-electron chi connectivity index (χ0n) is 11.2. The van der Waals surface area contributed by atoms with Crippen molar-refractivity contribution >= 4 is 5.97 Å². The minimum atomic E-state index is -0.423. The normalized spacial score (nSPS) is 12.1. The van der Waals surface area contributed by atoms with Crippen LogP contribution in [0.2, 0.25) is 0 Å². The average molecular weight is 250 g/mol. The minimum absolute atomic E-state index is 0.0163. The van der Waals surface area contributed by atoms with Gasteiger partial charge in [0, 0.05) is 0 Å². The van der Waals surface area contributed by atoms with Gasteiger partial charge in [0.05, 0.1) is 5.56 Å². The van der Waals surface area contributed by atoms with Gasteiger partial charge in [-0.25, -0.2) is 4.79 Å². The number of carbonyl (C=O) groups excluding carboxylic acids is 1. The van der Waals surface area contributed by atoms with Crippen molar-refractivity contribution in [3.05, 3.63) is 35.9 Å². The molecule has 0 fully saturated rings. The molecule has 1 unspecified atom stereocenters. The van der Waals surface area contributed by atoms with Crippen LogP contribution in [0.1, 0.15) is 56.3 Å². The molecule has 3 heteroatoms. The van der Waals surface area contributed by atoms with E-state index in [0.717, 1.165) is 32.1 Å². The van der Waals surface area contributed by atoms with Crippen molar-refractivity contribution in [3.63, 3.8) is 0 Å². The quantitative estimate of drug-likeness (QED) is 0.514. The number of unbranched alkanes of at least 4 members (excludes halogenated alkanes) is 1. The first-order valence-corrected chi connectivity index (χ1v) is 6.70. The van der Waals surface area contributed by atoms with Crippen LogP contribution in [0.15, 0.2) is 30.3 Å². The second kappa shape index (κ2) is 8.70. The highest BCUT2D eigenvalue weighted by atomic mass is 17.2. The third kappa shape index (κ3) is 5.32. The highest BCUT2D eigenvalue weighted by Crippen LogP contribution is 2.12. The Bertz CT molecular complexity index is 335. The molecule has 0 saturated heterocycles. The zero-order valence-corrected chi connectivity index (χ0v) is 11.2. The Kier molecular flexibility index (Phi) is 7.11. The van der Waals surface area contributed by atoms with E-state index in [1.807, 2.05) is 6.07 Å². The molecule has 1 aromatic carbocycles. The molecule has 0 spiro atoms. The van der Waals surface area contributed by atoms with Gasteiger partial charge in [0.15, 0.2) is 0 Å². The van der Waals surface area contributed by atoms with Crippen molar-refractivity contribution in [2.75, 3.05) is 0 Å². The lowest BCUT2D eigenvalue weighted by atomic mass is 10.1. The molecule has 0 N–H and O–H groups in total. The Morgan fingerprint density at radius 3 is 2.44 bits per heavy atom. The number of carbonyl (C=O) groups is 1. The van der Waals surface area contributed by atoms with Crippen molar-refractivity contribution in [1.29, 1.82) is 0 Å². The third-order valence-corrected chi connectivity index (χ3v) is 2.76. The Hall–Kier alpha value is -1.35. The van der Waals surface area contributed by atoms with E-state index in [2.05, 4.69) is 13.8 Å². The highest BCUT2D eigenvalue weighted by Gasteiger charge is 2.13. The van der Waals surface area contributed by atoms with Crippen LogP contribution in [0.5, 0.6) is 0 Å². The summed E-state index contributed by atoms with van der Waals surface area (Å²) in [6, 6.07) is 8.90. The largest absolute Gasteiger partial charge is 0.373 e. The first-order chi connectivity index (χ1) is 8.77. The summed E-state index contributed by atoms with van der Waals surface area (Å²) in [4.78, 5) is 21.8. The van der Waals surface area contributed by atoms with Gasteiger partial charge in [-0.3, -0.25) is 4.89 Å². The topological polar surface area (TPSA) is 35.5 Å². The summed E-state index contributed by atoms with van der Waals surface area (Å²) < 4.78 is 0. The predicted octanol–water partition coefficient (Wildman–Crippen LogP) is 4.13. The van der Waals surface area contributed by atoms with Gasteiger partial charge in [-0.2, -0.15) is 4.89 Å². The van der Waals surface area contributed by atoms with Crippen LogP contribution < -0.4 is 0 Å². The molecular weight excluding hydrogens is 228 g/mol. The third-order valence-electron chi connectivity index (χ3n) is 2.76. The van der Waals surface area contributed by atoms with Gasteiger partial charge in [0.1, 0.15) is 6.10 Å². The van der Waals surface area contributed by atoms with E-state index in [0.29, 0.717) is 5.56 Å². The molecule has 0 aliphatic heterocycles. The van der Waals surface area contributed by atoms with E-state index in [1.54, 1.807) is 24.3 Å². The van der Waals surface area contributed by atoms with Crippen LogP contribution in [0.4, 0.5) is 0 Å². The maximum absolute atomic E-state index is 11.7. The van der Waals surface area contributed by atoms with E-state index in [-0.39, 0.29) is 6.10 Å². The van der Waals surface area contributed by atoms with Gasteiger partial charge in [0.2, 0.25) is 0 Å². The van der Waals surface area contributed by atoms with E-state index < -0.39 is 5.97 Å². The summed E-state index contributed by atoms with van der Waals surface area (Å²) in [5.41, 5.74) is 0.517. The maximum atomic E-state index is 11.7. The van der Waals surface area contributed by atoms with Crippen molar-refractivity contribution < 1.29 is 14.6 Å². The SMILES string of the molecule is CCCCC(CCC)OOC(=O)c1ccccc1. The standard InChI is InChI=1S/C15H22O3/c1-3-5-12-14(9-4-2)17-18-15(16)13-10-7-6-8-11-13/h6-8,10-11,14H,3-5,9,12H2,1-2H3. The molecule has 3 nitrogen and oxygen atoms in total. The summed E-state index contributed by atoms with van der Waals surface area (Å²) in [7, 11) is 0. The monoisotopic (exact) mass is 250 g/mol. The predicted molar refractivity (Wildman–Crippen MR) is 71.2 cm³/mol. The maximum Gasteiger partial charge on any atom is 0.373 e. The second-order valence-corrected chi connectivity index (χ2v) is 4.39. The molecule has 0 bridgehead atoms. The first kappa shape index (κ1) is 14.7. The fraction of sp³-hybridized carbons (Fsp3) is 0.533.